The van der Waals surface area contributed by atoms with Crippen molar-refractivity contribution in [1.29, 1.82) is 0 Å². The van der Waals surface area contributed by atoms with Gasteiger partial charge in [0.2, 0.25) is 5.91 Å². The van der Waals surface area contributed by atoms with Crippen LogP contribution in [0.15, 0.2) is 67.3 Å². The molecule has 0 unspecified atom stereocenters. The lowest BCUT2D eigenvalue weighted by Gasteiger charge is -2.14. The Morgan fingerprint density at radius 2 is 1.68 bits per heavy atom. The average Bonchev–Trinajstić information content (AvgIpc) is 3.30. The van der Waals surface area contributed by atoms with Gasteiger partial charge in [-0.2, -0.15) is 0 Å². The molecule has 0 radical (unpaired) electrons. The lowest BCUT2D eigenvalue weighted by atomic mass is 10.0. The van der Waals surface area contributed by atoms with E-state index in [2.05, 4.69) is 15.6 Å². The average molecular weight is 422 g/mol. The molecule has 3 amide bonds. The van der Waals surface area contributed by atoms with E-state index in [4.69, 9.17) is 10.9 Å². The summed E-state index contributed by atoms with van der Waals surface area (Å²) in [7, 11) is 0. The van der Waals surface area contributed by atoms with Crippen LogP contribution in [0.1, 0.15) is 10.4 Å². The first kappa shape index (κ1) is 21.7. The third-order valence-corrected chi connectivity index (χ3v) is 4.50. The second-order valence-corrected chi connectivity index (χ2v) is 6.68. The summed E-state index contributed by atoms with van der Waals surface area (Å²) in [5.74, 6) is -1.43. The molecule has 0 bridgehead atoms. The summed E-state index contributed by atoms with van der Waals surface area (Å²) in [6.45, 7) is 0.0255. The van der Waals surface area contributed by atoms with Gasteiger partial charge < -0.3 is 20.9 Å². The van der Waals surface area contributed by atoms with Crippen molar-refractivity contribution in [2.24, 2.45) is 5.73 Å². The summed E-state index contributed by atoms with van der Waals surface area (Å²) in [6, 6.07) is 13.0. The Kier molecular flexibility index (Phi) is 7.09. The van der Waals surface area contributed by atoms with Gasteiger partial charge in [0.1, 0.15) is 12.6 Å². The summed E-state index contributed by atoms with van der Waals surface area (Å²) in [5, 5.41) is 13.9. The molecule has 31 heavy (non-hydrogen) atoms. The van der Waals surface area contributed by atoms with Gasteiger partial charge in [-0.05, 0) is 35.4 Å². The van der Waals surface area contributed by atoms with E-state index in [0.29, 0.717) is 11.3 Å². The number of anilines is 1. The largest absolute Gasteiger partial charge is 0.339 e. The molecule has 2 aromatic carbocycles. The summed E-state index contributed by atoms with van der Waals surface area (Å²) in [6.07, 6.45) is 4.90. The van der Waals surface area contributed by atoms with Gasteiger partial charge in [0, 0.05) is 30.2 Å². The van der Waals surface area contributed by atoms with Crippen molar-refractivity contribution in [3.05, 3.63) is 72.8 Å². The SMILES string of the molecule is NC[C@H](NC(=O)c1ccc(-c2ccc(NC(=O)Cn3ccnc3)cc2)cc1)C(=O)NO. The number of amides is 3. The fourth-order valence-electron chi connectivity index (χ4n) is 2.86. The molecule has 0 saturated heterocycles. The monoisotopic (exact) mass is 422 g/mol. The summed E-state index contributed by atoms with van der Waals surface area (Å²) in [4.78, 5) is 39.7. The smallest absolute Gasteiger partial charge is 0.267 e. The van der Waals surface area contributed by atoms with Crippen molar-refractivity contribution in [2.45, 2.75) is 12.6 Å². The third-order valence-electron chi connectivity index (χ3n) is 4.50. The number of carbonyl (C=O) groups is 3. The second kappa shape index (κ2) is 10.1. The molecule has 0 saturated carbocycles. The van der Waals surface area contributed by atoms with Crippen LogP contribution in [0.25, 0.3) is 11.1 Å². The van der Waals surface area contributed by atoms with E-state index < -0.39 is 17.9 Å². The van der Waals surface area contributed by atoms with Gasteiger partial charge in [0.25, 0.3) is 11.8 Å². The predicted molar refractivity (Wildman–Crippen MR) is 113 cm³/mol. The van der Waals surface area contributed by atoms with Crippen molar-refractivity contribution < 1.29 is 19.6 Å². The predicted octanol–water partition coefficient (Wildman–Crippen LogP) is 0.751. The molecule has 1 atom stereocenters. The Morgan fingerprint density at radius 1 is 1.03 bits per heavy atom. The fraction of sp³-hybridized carbons (Fsp3) is 0.143. The van der Waals surface area contributed by atoms with Crippen LogP contribution < -0.4 is 21.8 Å². The van der Waals surface area contributed by atoms with Gasteiger partial charge in [-0.1, -0.05) is 24.3 Å². The standard InChI is InChI=1S/C21H22N6O4/c22-11-18(21(30)26-31)25-20(29)16-3-1-14(2-4-16)15-5-7-17(8-6-15)24-19(28)12-27-10-9-23-13-27/h1-10,13,18,31H,11-12,22H2,(H,24,28)(H,25,29)(H,26,30)/t18-/m0/s1. The first-order valence-electron chi connectivity index (χ1n) is 9.41. The molecule has 160 valence electrons. The molecule has 1 aromatic heterocycles. The topological polar surface area (TPSA) is 151 Å². The molecule has 0 aliphatic carbocycles. The van der Waals surface area contributed by atoms with Crippen molar-refractivity contribution >= 4 is 23.4 Å². The number of benzene rings is 2. The van der Waals surface area contributed by atoms with Gasteiger partial charge in [-0.3, -0.25) is 19.6 Å². The minimum absolute atomic E-state index is 0.151. The number of hydroxylamine groups is 1. The number of hydrogen-bond donors (Lipinski definition) is 5. The van der Waals surface area contributed by atoms with E-state index in [9.17, 15) is 14.4 Å². The van der Waals surface area contributed by atoms with Crippen LogP contribution in [0.3, 0.4) is 0 Å². The highest BCUT2D eigenvalue weighted by Crippen LogP contribution is 2.22. The highest BCUT2D eigenvalue weighted by Gasteiger charge is 2.19. The maximum atomic E-state index is 12.3. The quantitative estimate of drug-likeness (QED) is 0.267. The van der Waals surface area contributed by atoms with Crippen LogP contribution in [0.5, 0.6) is 0 Å². The van der Waals surface area contributed by atoms with Gasteiger partial charge in [-0.15, -0.1) is 0 Å². The van der Waals surface area contributed by atoms with Crippen molar-refractivity contribution in [3.63, 3.8) is 0 Å². The molecule has 1 heterocycles. The van der Waals surface area contributed by atoms with Crippen LogP contribution in [-0.4, -0.2) is 45.1 Å². The molecular formula is C21H22N6O4. The Balaban J connectivity index is 1.61. The number of nitrogens with zero attached hydrogens (tertiary/aromatic N) is 2. The van der Waals surface area contributed by atoms with E-state index >= 15 is 0 Å². The third kappa shape index (κ3) is 5.75. The van der Waals surface area contributed by atoms with Crippen LogP contribution in [0.2, 0.25) is 0 Å². The Bertz CT molecular complexity index is 1030. The highest BCUT2D eigenvalue weighted by molar-refractivity contribution is 5.98. The lowest BCUT2D eigenvalue weighted by molar-refractivity contribution is -0.130. The molecule has 6 N–H and O–H groups in total. The van der Waals surface area contributed by atoms with Crippen molar-refractivity contribution in [1.82, 2.24) is 20.3 Å². The first-order valence-corrected chi connectivity index (χ1v) is 9.41. The Labute approximate surface area is 178 Å². The normalized spacial score (nSPS) is 11.4. The van der Waals surface area contributed by atoms with Crippen LogP contribution >= 0.6 is 0 Å². The van der Waals surface area contributed by atoms with Crippen LogP contribution in [0, 0.1) is 0 Å². The number of hydrogen-bond acceptors (Lipinski definition) is 6. The van der Waals surface area contributed by atoms with Gasteiger partial charge in [-0.25, -0.2) is 10.5 Å². The second-order valence-electron chi connectivity index (χ2n) is 6.68. The van der Waals surface area contributed by atoms with Crippen molar-refractivity contribution in [3.8, 4) is 11.1 Å². The minimum atomic E-state index is -1.03. The molecule has 10 heteroatoms. The highest BCUT2D eigenvalue weighted by atomic mass is 16.5. The molecule has 10 nitrogen and oxygen atoms in total. The molecule has 0 spiro atoms. The zero-order valence-corrected chi connectivity index (χ0v) is 16.5. The van der Waals surface area contributed by atoms with Gasteiger partial charge >= 0.3 is 0 Å². The van der Waals surface area contributed by atoms with E-state index in [1.54, 1.807) is 59.7 Å². The van der Waals surface area contributed by atoms with E-state index in [0.717, 1.165) is 11.1 Å². The zero-order chi connectivity index (χ0) is 22.2. The maximum Gasteiger partial charge on any atom is 0.267 e. The summed E-state index contributed by atoms with van der Waals surface area (Å²) >= 11 is 0. The number of nitrogens with two attached hydrogens (primary N) is 1. The number of nitrogens with one attached hydrogen (secondary N) is 3. The van der Waals surface area contributed by atoms with Crippen molar-refractivity contribution in [2.75, 3.05) is 11.9 Å². The minimum Gasteiger partial charge on any atom is -0.339 e. The Morgan fingerprint density at radius 3 is 2.23 bits per heavy atom. The lowest BCUT2D eigenvalue weighted by Crippen LogP contribution is -2.50. The number of carbonyl (C=O) groups excluding carboxylic acids is 3. The van der Waals surface area contributed by atoms with Crippen LogP contribution in [0.4, 0.5) is 5.69 Å². The van der Waals surface area contributed by atoms with Gasteiger partial charge in [0.15, 0.2) is 0 Å². The molecule has 3 rings (SSSR count). The Hall–Kier alpha value is -4.02. The summed E-state index contributed by atoms with van der Waals surface area (Å²) < 4.78 is 1.67. The fourth-order valence-corrected chi connectivity index (χ4v) is 2.86. The number of aromatic nitrogens is 2. The molecular weight excluding hydrogens is 400 g/mol. The molecule has 0 aliphatic heterocycles. The van der Waals surface area contributed by atoms with Gasteiger partial charge in [0.05, 0.1) is 6.33 Å². The van der Waals surface area contributed by atoms with E-state index in [1.807, 2.05) is 12.1 Å². The van der Waals surface area contributed by atoms with E-state index in [-0.39, 0.29) is 19.0 Å². The van der Waals surface area contributed by atoms with Crippen LogP contribution in [-0.2, 0) is 16.1 Å². The molecule has 0 aliphatic rings. The molecule has 3 aromatic rings. The number of rotatable bonds is 8. The first-order chi connectivity index (χ1) is 15.0. The van der Waals surface area contributed by atoms with E-state index in [1.165, 1.54) is 5.48 Å². The zero-order valence-electron chi connectivity index (χ0n) is 16.5. The number of imidazole rings is 1. The maximum absolute atomic E-state index is 12.3. The molecule has 0 fully saturated rings. The summed E-state index contributed by atoms with van der Waals surface area (Å²) in [5.41, 5.74) is 9.69.